The van der Waals surface area contributed by atoms with Crippen LogP contribution in [0.2, 0.25) is 0 Å². The molecule has 4 aliphatic rings. The van der Waals surface area contributed by atoms with Gasteiger partial charge in [0.15, 0.2) is 12.1 Å². The number of esters is 1. The lowest BCUT2D eigenvalue weighted by molar-refractivity contribution is -0.297. The molecular weight excluding hydrogens is 951 g/mol. The first kappa shape index (κ1) is 57.7. The van der Waals surface area contributed by atoms with Crippen LogP contribution in [0.3, 0.4) is 0 Å². The minimum absolute atomic E-state index is 0.0400. The van der Waals surface area contributed by atoms with Gasteiger partial charge in [0.25, 0.3) is 0 Å². The number of allylic oxidation sites excluding steroid dienone is 1. The van der Waals surface area contributed by atoms with Crippen molar-refractivity contribution in [3.05, 3.63) is 53.2 Å². The maximum Gasteiger partial charge on any atom is 0.414 e. The van der Waals surface area contributed by atoms with Crippen LogP contribution in [0.5, 0.6) is 0 Å². The van der Waals surface area contributed by atoms with Crippen LogP contribution in [-0.2, 0) is 60.4 Å². The number of hydrogen-bond acceptors (Lipinski definition) is 19. The van der Waals surface area contributed by atoms with E-state index in [9.17, 15) is 39.6 Å². The molecule has 1 aromatic heterocycles. The van der Waals surface area contributed by atoms with E-state index in [-0.39, 0.29) is 55.4 Å². The Balaban J connectivity index is 1.23. The van der Waals surface area contributed by atoms with E-state index >= 15 is 0 Å². The first-order chi connectivity index (χ1) is 34.3. The average Bonchev–Trinajstić information content (AvgIpc) is 3.98. The molecule has 0 bridgehead atoms. The minimum Gasteiger partial charge on any atom is -0.498 e. The Bertz CT molecular complexity index is 2260. The fourth-order valence-corrected chi connectivity index (χ4v) is 10.6. The molecule has 1 aromatic carbocycles. The molecule has 6 rings (SSSR count). The topological polar surface area (TPSA) is 260 Å². The lowest BCUT2D eigenvalue weighted by Gasteiger charge is -2.46. The molecule has 17 atom stereocenters. The van der Waals surface area contributed by atoms with E-state index in [4.69, 9.17) is 37.9 Å². The third kappa shape index (κ3) is 12.9. The van der Waals surface area contributed by atoms with Gasteiger partial charge in [0, 0.05) is 74.2 Å². The quantitative estimate of drug-likeness (QED) is 0.145. The Morgan fingerprint density at radius 1 is 0.945 bits per heavy atom. The van der Waals surface area contributed by atoms with Crippen LogP contribution >= 0.6 is 0 Å². The van der Waals surface area contributed by atoms with Gasteiger partial charge in [-0.3, -0.25) is 19.3 Å². The summed E-state index contributed by atoms with van der Waals surface area (Å²) in [5.74, 6) is -4.77. The monoisotopic (exact) mass is 1030 g/mol. The second kappa shape index (κ2) is 24.0. The van der Waals surface area contributed by atoms with Gasteiger partial charge in [-0.05, 0) is 85.7 Å². The highest BCUT2D eigenvalue weighted by Crippen LogP contribution is 2.40. The molecule has 21 heteroatoms. The van der Waals surface area contributed by atoms with Crippen LogP contribution in [0.1, 0.15) is 111 Å². The number of amides is 1. The summed E-state index contributed by atoms with van der Waals surface area (Å²) in [6, 6.07) is 6.28. The summed E-state index contributed by atoms with van der Waals surface area (Å²) < 4.78 is 51.2. The maximum absolute atomic E-state index is 14.4. The molecule has 21 nitrogen and oxygen atoms in total. The molecule has 2 aromatic rings. The van der Waals surface area contributed by atoms with Crippen molar-refractivity contribution < 1.29 is 77.5 Å². The smallest absolute Gasteiger partial charge is 0.414 e. The summed E-state index contributed by atoms with van der Waals surface area (Å²) in [5, 5.41) is 55.2. The van der Waals surface area contributed by atoms with Crippen molar-refractivity contribution in [3.63, 3.8) is 0 Å². The van der Waals surface area contributed by atoms with Gasteiger partial charge in [0.1, 0.15) is 47.3 Å². The highest BCUT2D eigenvalue weighted by molar-refractivity contribution is 5.95. The molecule has 1 amide bonds. The van der Waals surface area contributed by atoms with Gasteiger partial charge in [-0.1, -0.05) is 32.9 Å². The number of benzene rings is 1. The molecule has 0 unspecified atom stereocenters. The zero-order valence-electron chi connectivity index (χ0n) is 44.6. The number of Topliss-reactive ketones (excluding diaryl/α,β-unsaturated/α-hetero) is 2. The molecule has 4 aliphatic heterocycles. The molecule has 73 heavy (non-hydrogen) atoms. The fraction of sp³-hybridized carbons (Fsp3) is 0.731. The minimum atomic E-state index is -2.02. The molecule has 0 saturated carbocycles. The van der Waals surface area contributed by atoms with Crippen molar-refractivity contribution in [3.8, 4) is 0 Å². The number of cyclic esters (lactones) is 2. The third-order valence-electron chi connectivity index (χ3n) is 15.4. The maximum atomic E-state index is 14.4. The van der Waals surface area contributed by atoms with Crippen molar-refractivity contribution in [2.45, 2.75) is 187 Å². The number of carbonyl (C=O) groups is 4. The van der Waals surface area contributed by atoms with Gasteiger partial charge in [-0.2, -0.15) is 0 Å². The summed E-state index contributed by atoms with van der Waals surface area (Å²) in [4.78, 5) is 56.5. The predicted octanol–water partition coefficient (Wildman–Crippen LogP) is 3.96. The van der Waals surface area contributed by atoms with Crippen LogP contribution in [-0.4, -0.2) is 177 Å². The van der Waals surface area contributed by atoms with E-state index in [1.54, 1.807) is 76.7 Å². The van der Waals surface area contributed by atoms with E-state index in [0.717, 1.165) is 0 Å². The molecule has 3 fully saturated rings. The zero-order valence-corrected chi connectivity index (χ0v) is 44.6. The summed E-state index contributed by atoms with van der Waals surface area (Å²) in [5.41, 5.74) is -1.27. The van der Waals surface area contributed by atoms with Crippen LogP contribution in [0.25, 0.3) is 0 Å². The average molecular weight is 1030 g/mol. The number of anilines is 1. The number of aliphatic hydroxyl groups excluding tert-OH is 3. The molecule has 408 valence electrons. The number of hydrogen-bond donors (Lipinski definition) is 4. The molecule has 0 aliphatic carbocycles. The Labute approximate surface area is 428 Å². The number of aliphatic hydroxyl groups is 4. The van der Waals surface area contributed by atoms with Gasteiger partial charge in [0.2, 0.25) is 6.29 Å². The number of aromatic nitrogens is 3. The molecule has 0 radical (unpaired) electrons. The molecule has 5 heterocycles. The summed E-state index contributed by atoms with van der Waals surface area (Å²) in [6.07, 6.45) is -7.83. The predicted molar refractivity (Wildman–Crippen MR) is 263 cm³/mol. The van der Waals surface area contributed by atoms with Crippen molar-refractivity contribution in [1.29, 1.82) is 0 Å². The van der Waals surface area contributed by atoms with Crippen LogP contribution in [0.4, 0.5) is 10.5 Å². The number of ketones is 2. The van der Waals surface area contributed by atoms with Gasteiger partial charge in [-0.15, -0.1) is 5.10 Å². The van der Waals surface area contributed by atoms with Crippen LogP contribution in [0, 0.1) is 23.7 Å². The Hall–Kier alpha value is -4.58. The Morgan fingerprint density at radius 2 is 1.63 bits per heavy atom. The molecule has 4 N–H and O–H groups in total. The number of rotatable bonds is 15. The number of nitrogens with zero attached hydrogens (tertiary/aromatic N) is 5. The summed E-state index contributed by atoms with van der Waals surface area (Å²) in [7, 11) is 4.78. The zero-order chi connectivity index (χ0) is 53.9. The van der Waals surface area contributed by atoms with E-state index in [1.165, 1.54) is 39.9 Å². The van der Waals surface area contributed by atoms with E-state index in [2.05, 4.69) is 10.3 Å². The van der Waals surface area contributed by atoms with Crippen LogP contribution < -0.4 is 4.90 Å². The van der Waals surface area contributed by atoms with E-state index in [0.29, 0.717) is 36.3 Å². The van der Waals surface area contributed by atoms with Crippen molar-refractivity contribution in [2.75, 3.05) is 39.3 Å². The number of methoxy groups -OCH3 is 2. The summed E-state index contributed by atoms with van der Waals surface area (Å²) >= 11 is 0. The first-order valence-electron chi connectivity index (χ1n) is 25.5. The fourth-order valence-electron chi connectivity index (χ4n) is 10.6. The largest absolute Gasteiger partial charge is 0.498 e. The van der Waals surface area contributed by atoms with Crippen molar-refractivity contribution >= 4 is 29.3 Å². The van der Waals surface area contributed by atoms with E-state index < -0.39 is 114 Å². The Morgan fingerprint density at radius 3 is 2.26 bits per heavy atom. The van der Waals surface area contributed by atoms with E-state index in [1.807, 2.05) is 18.9 Å². The van der Waals surface area contributed by atoms with Crippen molar-refractivity contribution in [2.24, 2.45) is 23.7 Å². The SMILES string of the molecule is CC[C@H]1OC(=O)[C@H](C)[C@@H](O[C@H]2C[C@@](C)(OC)[C@@H](O)[C@H](C)O2)[C@H](C)/C(O[C@@H]2O[C@H](C)C[C@H](N(C)CCc3cn(C[C@H]4CN(c5ccc(C(C)=O)cc5)C(=O)O4)nn3)[C@H]2O)=C(/OC)C[C@@H](C)C(=O)[C@H](C)[C@@H](O)[C@]1(C)O. The Kier molecular flexibility index (Phi) is 18.9. The number of ether oxygens (including phenoxy) is 8. The van der Waals surface area contributed by atoms with Crippen LogP contribution in [0.15, 0.2) is 42.0 Å². The van der Waals surface area contributed by atoms with Gasteiger partial charge in [0.05, 0.1) is 61.8 Å². The lowest BCUT2D eigenvalue weighted by Crippen LogP contribution is -2.58. The summed E-state index contributed by atoms with van der Waals surface area (Å²) in [6.45, 7) is 17.4. The number of carbonyl (C=O) groups excluding carboxylic acids is 4. The molecular formula is C52H79N5O16. The van der Waals surface area contributed by atoms with Crippen molar-refractivity contribution in [1.82, 2.24) is 19.9 Å². The standard InChI is InChI=1S/C52H79N5O16/c1-14-40-52(10,65)46(61)29(4)42(59)27(2)21-39(66-12)45(30(5)44(31(6)48(63)71-40)72-41-23-51(9,67-13)47(62)33(8)69-41)73-49-43(60)38(22-28(3)68-49)55(11)20-19-35-24-56(54-53-35)25-37-26-57(50(64)70-37)36-17-15-34(16-18-36)32(7)58/h15-18,24,27-31,33,37-38,40-41,43-44,46-47,49,60-62,65H,14,19-23,25-26H2,1-13H3/b45-39-/t27-,28-,29+,30+,31-,33+,37+,38+,40-,41+,43-,44+,46-,47+,49+,51-,52-/m1/s1. The first-order valence-corrected chi connectivity index (χ1v) is 25.5. The normalized spacial score (nSPS) is 38.2. The molecule has 3 saturated heterocycles. The number of likely N-dealkylation sites (N-methyl/N-ethyl adjacent to an activating group) is 1. The second-order valence-electron chi connectivity index (χ2n) is 21.0. The highest BCUT2D eigenvalue weighted by atomic mass is 16.7. The van der Waals surface area contributed by atoms with Gasteiger partial charge >= 0.3 is 12.1 Å². The van der Waals surface area contributed by atoms with Gasteiger partial charge < -0.3 is 63.2 Å². The molecule has 0 spiro atoms. The third-order valence-corrected chi connectivity index (χ3v) is 15.4. The van der Waals surface area contributed by atoms with Gasteiger partial charge in [-0.25, -0.2) is 9.48 Å². The lowest BCUT2D eigenvalue weighted by atomic mass is 9.78. The highest BCUT2D eigenvalue weighted by Gasteiger charge is 2.51. The second-order valence-corrected chi connectivity index (χ2v) is 21.0.